The number of carbonyl (C=O) groups excluding carboxylic acids is 4. The van der Waals surface area contributed by atoms with Gasteiger partial charge in [0, 0.05) is 11.4 Å². The van der Waals surface area contributed by atoms with Crippen LogP contribution >= 0.6 is 11.3 Å². The highest BCUT2D eigenvalue weighted by molar-refractivity contribution is 7.88. The van der Waals surface area contributed by atoms with Crippen LogP contribution in [0.25, 0.3) is 0 Å². The van der Waals surface area contributed by atoms with Crippen molar-refractivity contribution in [3.05, 3.63) is 21.9 Å². The van der Waals surface area contributed by atoms with Crippen LogP contribution in [0.2, 0.25) is 0 Å². The van der Waals surface area contributed by atoms with Gasteiger partial charge in [0.05, 0.1) is 6.26 Å². The minimum absolute atomic E-state index is 0.193. The Labute approximate surface area is 171 Å². The molecule has 2 heterocycles. The molecule has 1 saturated heterocycles. The number of nitrogens with one attached hydrogen (secondary N) is 3. The molecule has 1 atom stereocenters. The number of rotatable bonds is 9. The van der Waals surface area contributed by atoms with Crippen LogP contribution in [0.4, 0.5) is 4.79 Å². The summed E-state index contributed by atoms with van der Waals surface area (Å²) < 4.78 is 29.3. The van der Waals surface area contributed by atoms with Crippen molar-refractivity contribution in [1.82, 2.24) is 20.5 Å². The highest BCUT2D eigenvalue weighted by atomic mass is 32.2. The largest absolute Gasteiger partial charge is 0.451 e. The molecular formula is C16H22N4O7S2. The summed E-state index contributed by atoms with van der Waals surface area (Å²) in [7, 11) is -3.29. The second-order valence-corrected chi connectivity index (χ2v) is 9.55. The fraction of sp³-hybridized carbons (Fsp3) is 0.500. The molecular weight excluding hydrogens is 424 g/mol. The van der Waals surface area contributed by atoms with Crippen LogP contribution in [0.5, 0.6) is 0 Å². The SMILES string of the molecule is CCC1(C)NC(=O)N(NC(=O)COC(=O)c2ccc(CCNS(C)(=O)=O)s2)C1=O. The standard InChI is InChI=1S/C16H22N4O7S2/c1-4-16(2)14(23)20(15(24)18-16)19-12(21)9-27-13(22)11-6-5-10(28-11)7-8-17-29(3,25)26/h5-6,17H,4,7-9H2,1-3H3,(H,18,24)(H,19,21). The minimum atomic E-state index is -3.29. The maximum Gasteiger partial charge on any atom is 0.348 e. The highest BCUT2D eigenvalue weighted by Crippen LogP contribution is 2.19. The molecule has 0 saturated carbocycles. The van der Waals surface area contributed by atoms with Crippen molar-refractivity contribution < 1.29 is 32.3 Å². The summed E-state index contributed by atoms with van der Waals surface area (Å²) in [5.74, 6) is -2.19. The fourth-order valence-corrected chi connectivity index (χ4v) is 3.74. The van der Waals surface area contributed by atoms with Crippen LogP contribution < -0.4 is 15.5 Å². The topological polar surface area (TPSA) is 151 Å². The van der Waals surface area contributed by atoms with Crippen LogP contribution in [0.15, 0.2) is 12.1 Å². The molecule has 0 bridgehead atoms. The van der Waals surface area contributed by atoms with Crippen molar-refractivity contribution >= 4 is 45.2 Å². The number of thiophene rings is 1. The van der Waals surface area contributed by atoms with Crippen molar-refractivity contribution in [3.63, 3.8) is 0 Å². The number of hydrogen-bond donors (Lipinski definition) is 3. The molecule has 160 valence electrons. The molecule has 0 spiro atoms. The zero-order chi connectivity index (χ0) is 21.8. The predicted molar refractivity (Wildman–Crippen MR) is 103 cm³/mol. The summed E-state index contributed by atoms with van der Waals surface area (Å²) in [6, 6.07) is 2.40. The van der Waals surface area contributed by atoms with Gasteiger partial charge in [0.2, 0.25) is 10.0 Å². The van der Waals surface area contributed by atoms with Gasteiger partial charge >= 0.3 is 12.0 Å². The van der Waals surface area contributed by atoms with Gasteiger partial charge in [0.15, 0.2) is 6.61 Å². The Bertz CT molecular complexity index is 927. The number of carbonyl (C=O) groups is 4. The lowest BCUT2D eigenvalue weighted by atomic mass is 10.00. The van der Waals surface area contributed by atoms with E-state index in [4.69, 9.17) is 4.74 Å². The van der Waals surface area contributed by atoms with E-state index in [0.29, 0.717) is 17.9 Å². The molecule has 1 aromatic rings. The first-order valence-corrected chi connectivity index (χ1v) is 11.3. The number of esters is 1. The van der Waals surface area contributed by atoms with Gasteiger partial charge < -0.3 is 10.1 Å². The molecule has 3 N–H and O–H groups in total. The lowest BCUT2D eigenvalue weighted by molar-refractivity contribution is -0.139. The van der Waals surface area contributed by atoms with E-state index in [1.165, 1.54) is 6.07 Å². The number of imide groups is 1. The normalized spacial score (nSPS) is 19.2. The lowest BCUT2D eigenvalue weighted by Gasteiger charge is -2.19. The van der Waals surface area contributed by atoms with Crippen molar-refractivity contribution in [2.45, 2.75) is 32.2 Å². The molecule has 29 heavy (non-hydrogen) atoms. The van der Waals surface area contributed by atoms with Crippen LogP contribution in [0.1, 0.15) is 34.8 Å². The molecule has 0 aromatic carbocycles. The average Bonchev–Trinajstić information content (AvgIpc) is 3.18. The third kappa shape index (κ3) is 5.98. The Balaban J connectivity index is 1.83. The monoisotopic (exact) mass is 446 g/mol. The quantitative estimate of drug-likeness (QED) is 0.349. The van der Waals surface area contributed by atoms with Gasteiger partial charge in [0.1, 0.15) is 10.4 Å². The third-order valence-electron chi connectivity index (χ3n) is 4.14. The summed E-state index contributed by atoms with van der Waals surface area (Å²) >= 11 is 1.11. The van der Waals surface area contributed by atoms with Gasteiger partial charge in [-0.05, 0) is 31.9 Å². The number of ether oxygens (including phenoxy) is 1. The third-order valence-corrected chi connectivity index (χ3v) is 5.99. The summed E-state index contributed by atoms with van der Waals surface area (Å²) in [5.41, 5.74) is 1.02. The lowest BCUT2D eigenvalue weighted by Crippen LogP contribution is -2.49. The molecule has 1 unspecified atom stereocenters. The first-order chi connectivity index (χ1) is 13.4. The fourth-order valence-electron chi connectivity index (χ4n) is 2.37. The van der Waals surface area contributed by atoms with Crippen molar-refractivity contribution in [1.29, 1.82) is 0 Å². The van der Waals surface area contributed by atoms with Gasteiger partial charge in [-0.2, -0.15) is 5.01 Å². The number of nitrogens with zero attached hydrogens (tertiary/aromatic N) is 1. The second-order valence-electron chi connectivity index (χ2n) is 6.55. The summed E-state index contributed by atoms with van der Waals surface area (Å²) in [6.07, 6.45) is 1.80. The summed E-state index contributed by atoms with van der Waals surface area (Å²) in [5, 5.41) is 3.05. The first kappa shape index (κ1) is 22.8. The molecule has 0 aliphatic carbocycles. The van der Waals surface area contributed by atoms with Gasteiger partial charge in [-0.25, -0.2) is 22.7 Å². The van der Waals surface area contributed by atoms with Gasteiger partial charge in [-0.3, -0.25) is 15.0 Å². The van der Waals surface area contributed by atoms with Crippen LogP contribution in [-0.4, -0.2) is 62.2 Å². The smallest absolute Gasteiger partial charge is 0.348 e. The van der Waals surface area contributed by atoms with Crippen molar-refractivity contribution in [2.75, 3.05) is 19.4 Å². The number of sulfonamides is 1. The van der Waals surface area contributed by atoms with E-state index in [1.807, 2.05) is 0 Å². The molecule has 1 aliphatic heterocycles. The maximum atomic E-state index is 12.2. The minimum Gasteiger partial charge on any atom is -0.451 e. The Hall–Kier alpha value is -2.51. The Kier molecular flexibility index (Phi) is 6.97. The Morgan fingerprint density at radius 2 is 2.00 bits per heavy atom. The number of amides is 4. The summed E-state index contributed by atoms with van der Waals surface area (Å²) in [4.78, 5) is 49.0. The van der Waals surface area contributed by atoms with E-state index in [-0.39, 0.29) is 11.4 Å². The zero-order valence-corrected chi connectivity index (χ0v) is 17.7. The van der Waals surface area contributed by atoms with E-state index in [0.717, 1.165) is 22.5 Å². The molecule has 1 aromatic heterocycles. The second kappa shape index (κ2) is 8.88. The predicted octanol–water partition coefficient (Wildman–Crippen LogP) is -0.252. The molecule has 2 rings (SSSR count). The molecule has 0 radical (unpaired) electrons. The van der Waals surface area contributed by atoms with E-state index in [9.17, 15) is 27.6 Å². The number of hydrazine groups is 1. The van der Waals surface area contributed by atoms with Gasteiger partial charge in [-0.15, -0.1) is 11.3 Å². The highest BCUT2D eigenvalue weighted by Gasteiger charge is 2.47. The molecule has 11 nitrogen and oxygen atoms in total. The number of hydrogen-bond acceptors (Lipinski definition) is 8. The van der Waals surface area contributed by atoms with E-state index < -0.39 is 46.0 Å². The van der Waals surface area contributed by atoms with Crippen molar-refractivity contribution in [2.24, 2.45) is 0 Å². The Morgan fingerprint density at radius 1 is 1.31 bits per heavy atom. The van der Waals surface area contributed by atoms with Gasteiger partial charge in [-0.1, -0.05) is 6.92 Å². The zero-order valence-electron chi connectivity index (χ0n) is 16.1. The van der Waals surface area contributed by atoms with Gasteiger partial charge in [0.25, 0.3) is 11.8 Å². The molecule has 1 fully saturated rings. The van der Waals surface area contributed by atoms with E-state index >= 15 is 0 Å². The average molecular weight is 447 g/mol. The first-order valence-electron chi connectivity index (χ1n) is 8.62. The van der Waals surface area contributed by atoms with Crippen LogP contribution in [0, 0.1) is 0 Å². The van der Waals surface area contributed by atoms with Crippen LogP contribution in [0.3, 0.4) is 0 Å². The molecule has 4 amide bonds. The van der Waals surface area contributed by atoms with Crippen LogP contribution in [-0.2, 0) is 30.8 Å². The van der Waals surface area contributed by atoms with E-state index in [1.54, 1.807) is 19.9 Å². The Morgan fingerprint density at radius 3 is 2.59 bits per heavy atom. The van der Waals surface area contributed by atoms with Crippen molar-refractivity contribution in [3.8, 4) is 0 Å². The molecule has 1 aliphatic rings. The maximum absolute atomic E-state index is 12.2. The summed E-state index contributed by atoms with van der Waals surface area (Å²) in [6.45, 7) is 2.78. The number of urea groups is 1. The molecule has 13 heteroatoms. The van der Waals surface area contributed by atoms with E-state index in [2.05, 4.69) is 15.5 Å².